The van der Waals surface area contributed by atoms with Crippen molar-refractivity contribution in [3.63, 3.8) is 0 Å². The van der Waals surface area contributed by atoms with Gasteiger partial charge in [-0.1, -0.05) is 62.4 Å². The number of Topliss-reactive ketones (excluding diaryl/α,β-unsaturated/α-hetero) is 1. The molecule has 3 aliphatic carbocycles. The standard InChI is InChI=1S/C38H45NO12/c1-19-23(49-34(46)29(43)27(39)21-12-8-6-9-13-21)17-38(47)32(50-33(45)22-14-10-7-11-15-22)30-36(5,31(44)28(42)26(19)35(38,3)4)24(41)16-25-37(30,18-48-25)51-20(2)40/h6-15,23-25,27-30,32,41-43,47H,16-18,39H2,1-5H3/t23-,24-,25+,27-,28+,29-,30-,32-,36+,37-,38+/m0/s1. The number of aliphatic hydroxyl groups excluding tert-OH is 3. The monoisotopic (exact) mass is 707 g/mol. The summed E-state index contributed by atoms with van der Waals surface area (Å²) in [6.45, 7) is 6.99. The molecule has 2 aromatic carbocycles. The van der Waals surface area contributed by atoms with Crippen LogP contribution in [-0.2, 0) is 33.3 Å². The molecule has 0 spiro atoms. The smallest absolute Gasteiger partial charge is 0.338 e. The van der Waals surface area contributed by atoms with Gasteiger partial charge in [-0.3, -0.25) is 9.59 Å². The molecule has 0 radical (unpaired) electrons. The van der Waals surface area contributed by atoms with E-state index in [0.717, 1.165) is 0 Å². The van der Waals surface area contributed by atoms with Gasteiger partial charge in [-0.2, -0.15) is 0 Å². The highest BCUT2D eigenvalue weighted by molar-refractivity contribution is 5.94. The summed E-state index contributed by atoms with van der Waals surface area (Å²) < 4.78 is 23.9. The highest BCUT2D eigenvalue weighted by atomic mass is 16.6. The van der Waals surface area contributed by atoms with Crippen molar-refractivity contribution in [1.82, 2.24) is 0 Å². The van der Waals surface area contributed by atoms with E-state index in [1.165, 1.54) is 32.9 Å². The second kappa shape index (κ2) is 12.9. The lowest BCUT2D eigenvalue weighted by Gasteiger charge is -2.67. The number of rotatable bonds is 7. The lowest BCUT2D eigenvalue weighted by molar-refractivity contribution is -0.346. The van der Waals surface area contributed by atoms with E-state index in [2.05, 4.69) is 0 Å². The SMILES string of the molecule is CC(=O)O[C@@]12CO[C@@H]1C[C@H](O)[C@@]1(C)C(=O)[C@H](O)C3=C(C)[C@@H](OC(=O)[C@@H](O)[C@@H](N)c4ccccc4)C[C@@](O)([C@@H](OC(=O)c4ccccc4)[C@H]21)C3(C)C. The van der Waals surface area contributed by atoms with Gasteiger partial charge in [0.1, 0.15) is 30.0 Å². The Hall–Kier alpha value is -3.98. The largest absolute Gasteiger partial charge is 0.456 e. The molecule has 1 saturated heterocycles. The van der Waals surface area contributed by atoms with E-state index in [4.69, 9.17) is 24.7 Å². The number of hydrogen-bond acceptors (Lipinski definition) is 13. The zero-order valence-corrected chi connectivity index (χ0v) is 29.1. The van der Waals surface area contributed by atoms with Crippen LogP contribution >= 0.6 is 0 Å². The van der Waals surface area contributed by atoms with Crippen LogP contribution in [0.5, 0.6) is 0 Å². The summed E-state index contributed by atoms with van der Waals surface area (Å²) in [4.78, 5) is 55.0. The number of nitrogens with two attached hydrogens (primary N) is 1. The third-order valence-corrected chi connectivity index (χ3v) is 11.9. The molecule has 0 amide bonds. The molecule has 11 atom stereocenters. The summed E-state index contributed by atoms with van der Waals surface area (Å²) in [6.07, 6.45) is -9.94. The van der Waals surface area contributed by atoms with Crippen LogP contribution in [0.25, 0.3) is 0 Å². The molecular weight excluding hydrogens is 662 g/mol. The van der Waals surface area contributed by atoms with Gasteiger partial charge in [-0.15, -0.1) is 0 Å². The van der Waals surface area contributed by atoms with Gasteiger partial charge < -0.3 is 45.1 Å². The van der Waals surface area contributed by atoms with Crippen molar-refractivity contribution in [3.8, 4) is 0 Å². The fourth-order valence-corrected chi connectivity index (χ4v) is 8.99. The van der Waals surface area contributed by atoms with Crippen LogP contribution in [0, 0.1) is 16.7 Å². The molecule has 274 valence electrons. The number of carbonyl (C=O) groups excluding carboxylic acids is 4. The fraction of sp³-hybridized carbons (Fsp3) is 0.526. The van der Waals surface area contributed by atoms with Crippen LogP contribution in [0.15, 0.2) is 71.8 Å². The molecule has 2 saturated carbocycles. The number of benzene rings is 2. The van der Waals surface area contributed by atoms with E-state index in [1.807, 2.05) is 0 Å². The van der Waals surface area contributed by atoms with Gasteiger partial charge in [0.25, 0.3) is 0 Å². The maximum atomic E-state index is 14.8. The molecule has 1 aliphatic heterocycles. The minimum Gasteiger partial charge on any atom is -0.456 e. The Kier molecular flexibility index (Phi) is 9.31. The van der Waals surface area contributed by atoms with Gasteiger partial charge in [-0.25, -0.2) is 9.59 Å². The van der Waals surface area contributed by atoms with Crippen molar-refractivity contribution in [3.05, 3.63) is 82.9 Å². The molecule has 6 N–H and O–H groups in total. The van der Waals surface area contributed by atoms with Crippen molar-refractivity contribution in [2.24, 2.45) is 22.5 Å². The number of ketones is 1. The number of esters is 3. The zero-order chi connectivity index (χ0) is 37.3. The fourth-order valence-electron chi connectivity index (χ4n) is 8.99. The van der Waals surface area contributed by atoms with Crippen LogP contribution in [0.4, 0.5) is 0 Å². The molecule has 4 aliphatic rings. The van der Waals surface area contributed by atoms with Crippen molar-refractivity contribution >= 4 is 23.7 Å². The first-order valence-corrected chi connectivity index (χ1v) is 17.0. The second-order valence-electron chi connectivity index (χ2n) is 15.0. The first-order chi connectivity index (χ1) is 23.9. The number of carbonyl (C=O) groups is 4. The molecule has 2 aromatic rings. The lowest BCUT2D eigenvalue weighted by Crippen LogP contribution is -2.81. The Balaban J connectivity index is 1.53. The first-order valence-electron chi connectivity index (χ1n) is 17.0. The Morgan fingerprint density at radius 2 is 1.59 bits per heavy atom. The third kappa shape index (κ3) is 5.53. The molecule has 13 heteroatoms. The third-order valence-electron chi connectivity index (χ3n) is 11.9. The molecule has 0 unspecified atom stereocenters. The van der Waals surface area contributed by atoms with Crippen LogP contribution < -0.4 is 5.73 Å². The topological polar surface area (TPSA) is 212 Å². The van der Waals surface area contributed by atoms with E-state index >= 15 is 0 Å². The van der Waals surface area contributed by atoms with Crippen molar-refractivity contribution in [2.75, 3.05) is 6.61 Å². The molecular formula is C38H45NO12. The Labute approximate surface area is 295 Å². The van der Waals surface area contributed by atoms with Gasteiger partial charge in [-0.05, 0) is 42.7 Å². The number of hydrogen-bond donors (Lipinski definition) is 5. The Bertz CT molecular complexity index is 1750. The highest BCUT2D eigenvalue weighted by Crippen LogP contribution is 2.64. The Morgan fingerprint density at radius 3 is 2.16 bits per heavy atom. The number of ether oxygens (including phenoxy) is 4. The lowest BCUT2D eigenvalue weighted by atomic mass is 9.44. The maximum Gasteiger partial charge on any atom is 0.338 e. The molecule has 51 heavy (non-hydrogen) atoms. The van der Waals surface area contributed by atoms with Gasteiger partial charge in [0.05, 0.1) is 35.6 Å². The minimum atomic E-state index is -2.28. The summed E-state index contributed by atoms with van der Waals surface area (Å²) >= 11 is 0. The van der Waals surface area contributed by atoms with Crippen LogP contribution in [0.2, 0.25) is 0 Å². The molecule has 6 rings (SSSR count). The second-order valence-corrected chi connectivity index (χ2v) is 15.0. The minimum absolute atomic E-state index is 0.0120. The summed E-state index contributed by atoms with van der Waals surface area (Å²) in [6, 6.07) is 15.2. The van der Waals surface area contributed by atoms with E-state index in [9.17, 15) is 39.6 Å². The van der Waals surface area contributed by atoms with Crippen LogP contribution in [-0.4, -0.2) is 98.6 Å². The van der Waals surface area contributed by atoms with E-state index in [0.29, 0.717) is 5.56 Å². The van der Waals surface area contributed by atoms with Crippen LogP contribution in [0.3, 0.4) is 0 Å². The average Bonchev–Trinajstić information content (AvgIpc) is 3.09. The molecule has 0 aromatic heterocycles. The van der Waals surface area contributed by atoms with E-state index in [1.54, 1.807) is 62.4 Å². The Morgan fingerprint density at radius 1 is 0.980 bits per heavy atom. The van der Waals surface area contributed by atoms with Gasteiger partial charge in [0.15, 0.2) is 17.5 Å². The predicted molar refractivity (Wildman–Crippen MR) is 178 cm³/mol. The van der Waals surface area contributed by atoms with Crippen molar-refractivity contribution < 1.29 is 58.6 Å². The summed E-state index contributed by atoms with van der Waals surface area (Å²) in [5.41, 5.74) is -0.496. The molecule has 2 bridgehead atoms. The van der Waals surface area contributed by atoms with Crippen molar-refractivity contribution in [1.29, 1.82) is 0 Å². The maximum absolute atomic E-state index is 14.8. The van der Waals surface area contributed by atoms with Gasteiger partial charge in [0, 0.05) is 25.2 Å². The number of fused-ring (bicyclic) bond motifs is 5. The summed E-state index contributed by atoms with van der Waals surface area (Å²) in [5, 5.41) is 48.0. The molecule has 13 nitrogen and oxygen atoms in total. The average molecular weight is 708 g/mol. The summed E-state index contributed by atoms with van der Waals surface area (Å²) in [7, 11) is 0. The number of aliphatic hydroxyl groups is 4. The van der Waals surface area contributed by atoms with E-state index < -0.39 is 101 Å². The molecule has 1 heterocycles. The molecule has 3 fully saturated rings. The van der Waals surface area contributed by atoms with Gasteiger partial charge in [0.2, 0.25) is 0 Å². The predicted octanol–water partition coefficient (Wildman–Crippen LogP) is 1.69. The van der Waals surface area contributed by atoms with Crippen LogP contribution in [0.1, 0.15) is 69.4 Å². The normalized spacial score (nSPS) is 36.5. The highest BCUT2D eigenvalue weighted by Gasteiger charge is 2.78. The zero-order valence-electron chi connectivity index (χ0n) is 29.1. The summed E-state index contributed by atoms with van der Waals surface area (Å²) in [5.74, 6) is -5.10. The van der Waals surface area contributed by atoms with Gasteiger partial charge >= 0.3 is 17.9 Å². The van der Waals surface area contributed by atoms with Crippen molar-refractivity contribution in [2.45, 2.75) is 101 Å². The van der Waals surface area contributed by atoms with E-state index in [-0.39, 0.29) is 29.7 Å². The first kappa shape index (κ1) is 36.8. The quantitative estimate of drug-likeness (QED) is 0.158.